The van der Waals surface area contributed by atoms with E-state index in [1.165, 1.54) is 11.3 Å². The molecule has 1 atom stereocenters. The molecule has 3 nitrogen and oxygen atoms in total. The Morgan fingerprint density at radius 3 is 3.33 bits per heavy atom. The fourth-order valence-electron chi connectivity index (χ4n) is 1.31. The molecule has 3 N–H and O–H groups in total. The summed E-state index contributed by atoms with van der Waals surface area (Å²) in [5, 5.41) is 6.82. The number of aromatic nitrogens is 2. The van der Waals surface area contributed by atoms with Gasteiger partial charge in [0.25, 0.3) is 0 Å². The maximum atomic E-state index is 5.68. The lowest BCUT2D eigenvalue weighted by molar-refractivity contribution is 0.705. The number of fused-ring (bicyclic) bond motifs is 1. The van der Waals surface area contributed by atoms with Crippen molar-refractivity contribution in [2.24, 2.45) is 5.73 Å². The minimum Gasteiger partial charge on any atom is -0.327 e. The number of rotatable bonds is 0. The van der Waals surface area contributed by atoms with Crippen molar-refractivity contribution in [1.82, 2.24) is 10.2 Å². The second kappa shape index (κ2) is 1.57. The normalized spacial score (nSPS) is 24.3. The lowest BCUT2D eigenvalue weighted by atomic mass is 10.2. The van der Waals surface area contributed by atoms with Crippen LogP contribution in [0, 0.1) is 0 Å². The molecule has 1 aromatic heterocycles. The SMILES string of the molecule is N[C@H]1Cc2cn[nH]c2C1. The molecular formula is C6H9N3. The molecule has 0 radical (unpaired) electrons. The fraction of sp³-hybridized carbons (Fsp3) is 0.500. The van der Waals surface area contributed by atoms with Gasteiger partial charge in [0, 0.05) is 18.2 Å². The van der Waals surface area contributed by atoms with Crippen LogP contribution in [0.25, 0.3) is 0 Å². The number of hydrogen-bond acceptors (Lipinski definition) is 2. The Morgan fingerprint density at radius 1 is 1.67 bits per heavy atom. The molecule has 1 heterocycles. The van der Waals surface area contributed by atoms with Crippen LogP contribution >= 0.6 is 0 Å². The Morgan fingerprint density at radius 2 is 2.56 bits per heavy atom. The van der Waals surface area contributed by atoms with Gasteiger partial charge in [0.15, 0.2) is 0 Å². The smallest absolute Gasteiger partial charge is 0.0522 e. The molecule has 2 rings (SSSR count). The van der Waals surface area contributed by atoms with E-state index in [0.29, 0.717) is 6.04 Å². The van der Waals surface area contributed by atoms with Crippen LogP contribution in [0.15, 0.2) is 6.20 Å². The first-order valence-corrected chi connectivity index (χ1v) is 3.13. The zero-order valence-corrected chi connectivity index (χ0v) is 5.09. The third-order valence-corrected chi connectivity index (χ3v) is 1.76. The summed E-state index contributed by atoms with van der Waals surface area (Å²) in [5.41, 5.74) is 8.20. The molecular weight excluding hydrogens is 114 g/mol. The van der Waals surface area contributed by atoms with Crippen molar-refractivity contribution < 1.29 is 0 Å². The van der Waals surface area contributed by atoms with Crippen LogP contribution in [0.2, 0.25) is 0 Å². The van der Waals surface area contributed by atoms with Gasteiger partial charge in [-0.25, -0.2) is 0 Å². The lowest BCUT2D eigenvalue weighted by Crippen LogP contribution is -2.19. The standard InChI is InChI=1S/C6H9N3/c7-5-1-4-3-8-9-6(4)2-5/h3,5H,1-2,7H2,(H,8,9)/t5-/m0/s1. The Labute approximate surface area is 53.3 Å². The van der Waals surface area contributed by atoms with Gasteiger partial charge < -0.3 is 5.73 Å². The highest BCUT2D eigenvalue weighted by Crippen LogP contribution is 2.16. The maximum Gasteiger partial charge on any atom is 0.0522 e. The van der Waals surface area contributed by atoms with E-state index in [0.717, 1.165) is 12.8 Å². The quantitative estimate of drug-likeness (QED) is 0.503. The minimum absolute atomic E-state index is 0.328. The molecule has 48 valence electrons. The third kappa shape index (κ3) is 0.650. The topological polar surface area (TPSA) is 54.7 Å². The van der Waals surface area contributed by atoms with Crippen molar-refractivity contribution in [1.29, 1.82) is 0 Å². The summed E-state index contributed by atoms with van der Waals surface area (Å²) in [4.78, 5) is 0. The van der Waals surface area contributed by atoms with E-state index in [9.17, 15) is 0 Å². The second-order valence-corrected chi connectivity index (χ2v) is 2.54. The predicted molar refractivity (Wildman–Crippen MR) is 34.0 cm³/mol. The van der Waals surface area contributed by atoms with Gasteiger partial charge in [-0.2, -0.15) is 5.10 Å². The van der Waals surface area contributed by atoms with Crippen molar-refractivity contribution in [3.63, 3.8) is 0 Å². The van der Waals surface area contributed by atoms with Crippen molar-refractivity contribution in [3.05, 3.63) is 17.5 Å². The van der Waals surface area contributed by atoms with E-state index in [2.05, 4.69) is 10.2 Å². The largest absolute Gasteiger partial charge is 0.327 e. The summed E-state index contributed by atoms with van der Waals surface area (Å²) in [6.07, 6.45) is 3.82. The number of nitrogens with two attached hydrogens (primary N) is 1. The molecule has 1 aliphatic rings. The number of H-pyrrole nitrogens is 1. The highest BCUT2D eigenvalue weighted by Gasteiger charge is 2.18. The summed E-state index contributed by atoms with van der Waals surface area (Å²) < 4.78 is 0. The van der Waals surface area contributed by atoms with Gasteiger partial charge in [-0.15, -0.1) is 0 Å². The second-order valence-electron chi connectivity index (χ2n) is 2.54. The number of nitrogens with zero attached hydrogens (tertiary/aromatic N) is 1. The van der Waals surface area contributed by atoms with Gasteiger partial charge in [-0.05, 0) is 12.0 Å². The molecule has 0 saturated heterocycles. The van der Waals surface area contributed by atoms with Gasteiger partial charge in [0.2, 0.25) is 0 Å². The molecule has 0 fully saturated rings. The summed E-state index contributed by atoms with van der Waals surface area (Å²) in [5.74, 6) is 0. The van der Waals surface area contributed by atoms with Crippen molar-refractivity contribution in [2.75, 3.05) is 0 Å². The van der Waals surface area contributed by atoms with Crippen molar-refractivity contribution in [3.8, 4) is 0 Å². The van der Waals surface area contributed by atoms with Crippen LogP contribution in [-0.2, 0) is 12.8 Å². The molecule has 1 aliphatic carbocycles. The molecule has 0 bridgehead atoms. The van der Waals surface area contributed by atoms with Crippen molar-refractivity contribution in [2.45, 2.75) is 18.9 Å². The van der Waals surface area contributed by atoms with Gasteiger partial charge in [0.1, 0.15) is 0 Å². The molecule has 0 saturated carbocycles. The highest BCUT2D eigenvalue weighted by molar-refractivity contribution is 5.24. The van der Waals surface area contributed by atoms with Crippen LogP contribution in [-0.4, -0.2) is 16.2 Å². The first kappa shape index (κ1) is 4.99. The van der Waals surface area contributed by atoms with E-state index in [1.807, 2.05) is 6.20 Å². The average Bonchev–Trinajstić information content (AvgIpc) is 2.22. The lowest BCUT2D eigenvalue weighted by Gasteiger charge is -1.95. The highest BCUT2D eigenvalue weighted by atomic mass is 15.1. The zero-order chi connectivity index (χ0) is 6.27. The average molecular weight is 123 g/mol. The summed E-state index contributed by atoms with van der Waals surface area (Å²) in [6.45, 7) is 0. The summed E-state index contributed by atoms with van der Waals surface area (Å²) >= 11 is 0. The van der Waals surface area contributed by atoms with E-state index in [4.69, 9.17) is 5.73 Å². The van der Waals surface area contributed by atoms with E-state index >= 15 is 0 Å². The fourth-order valence-corrected chi connectivity index (χ4v) is 1.31. The van der Waals surface area contributed by atoms with Gasteiger partial charge in [0.05, 0.1) is 6.20 Å². The van der Waals surface area contributed by atoms with E-state index in [-0.39, 0.29) is 0 Å². The zero-order valence-electron chi connectivity index (χ0n) is 5.09. The monoisotopic (exact) mass is 123 g/mol. The van der Waals surface area contributed by atoms with Gasteiger partial charge in [-0.1, -0.05) is 0 Å². The van der Waals surface area contributed by atoms with Crippen LogP contribution in [0.5, 0.6) is 0 Å². The molecule has 0 aliphatic heterocycles. The predicted octanol–water partition coefficient (Wildman–Crippen LogP) is -0.164. The summed E-state index contributed by atoms with van der Waals surface area (Å²) in [6, 6.07) is 0.328. The van der Waals surface area contributed by atoms with E-state index in [1.54, 1.807) is 0 Å². The van der Waals surface area contributed by atoms with Gasteiger partial charge >= 0.3 is 0 Å². The first-order valence-electron chi connectivity index (χ1n) is 3.13. The molecule has 0 amide bonds. The Balaban J connectivity index is 2.39. The van der Waals surface area contributed by atoms with Gasteiger partial charge in [-0.3, -0.25) is 5.10 Å². The van der Waals surface area contributed by atoms with Crippen LogP contribution < -0.4 is 5.73 Å². The molecule has 1 aromatic rings. The Bertz CT molecular complexity index is 195. The first-order chi connectivity index (χ1) is 4.36. The number of aromatic amines is 1. The number of nitrogens with one attached hydrogen (secondary N) is 1. The van der Waals surface area contributed by atoms with Crippen molar-refractivity contribution >= 4 is 0 Å². The molecule has 0 aromatic carbocycles. The number of hydrogen-bond donors (Lipinski definition) is 2. The molecule has 3 heteroatoms. The van der Waals surface area contributed by atoms with Crippen LogP contribution in [0.3, 0.4) is 0 Å². The third-order valence-electron chi connectivity index (χ3n) is 1.76. The van der Waals surface area contributed by atoms with E-state index < -0.39 is 0 Å². The summed E-state index contributed by atoms with van der Waals surface area (Å²) in [7, 11) is 0. The molecule has 0 spiro atoms. The maximum absolute atomic E-state index is 5.68. The Kier molecular flexibility index (Phi) is 0.873. The molecule has 9 heavy (non-hydrogen) atoms. The minimum atomic E-state index is 0.328. The van der Waals surface area contributed by atoms with Crippen LogP contribution in [0.4, 0.5) is 0 Å². The van der Waals surface area contributed by atoms with Crippen LogP contribution in [0.1, 0.15) is 11.3 Å². The Hall–Kier alpha value is -0.830. The molecule has 0 unspecified atom stereocenters.